The van der Waals surface area contributed by atoms with E-state index in [0.29, 0.717) is 0 Å². The van der Waals surface area contributed by atoms with Crippen LogP contribution in [0.15, 0.2) is 18.2 Å². The van der Waals surface area contributed by atoms with Crippen LogP contribution in [0.4, 0.5) is 0 Å². The SMILES string of the molecule is CCCCCCNCc1ccc(OC)c(OC)c1. The summed E-state index contributed by atoms with van der Waals surface area (Å²) < 4.78 is 10.5. The molecule has 0 radical (unpaired) electrons. The van der Waals surface area contributed by atoms with Crippen LogP contribution in [0, 0.1) is 0 Å². The van der Waals surface area contributed by atoms with Crippen molar-refractivity contribution in [3.63, 3.8) is 0 Å². The summed E-state index contributed by atoms with van der Waals surface area (Å²) in [6.07, 6.45) is 5.18. The summed E-state index contributed by atoms with van der Waals surface area (Å²) in [7, 11) is 3.32. The molecule has 3 heteroatoms. The van der Waals surface area contributed by atoms with Crippen LogP contribution in [-0.2, 0) is 6.54 Å². The zero-order valence-corrected chi connectivity index (χ0v) is 11.8. The number of unbranched alkanes of at least 4 members (excludes halogenated alkanes) is 3. The average Bonchev–Trinajstić information content (AvgIpc) is 2.42. The third-order valence-corrected chi connectivity index (χ3v) is 2.98. The molecule has 0 atom stereocenters. The minimum atomic E-state index is 0.782. The van der Waals surface area contributed by atoms with Crippen molar-refractivity contribution in [1.82, 2.24) is 5.32 Å². The fraction of sp³-hybridized carbons (Fsp3) is 0.600. The molecule has 0 saturated carbocycles. The van der Waals surface area contributed by atoms with E-state index in [0.717, 1.165) is 24.6 Å². The maximum atomic E-state index is 5.28. The van der Waals surface area contributed by atoms with Crippen LogP contribution in [0.3, 0.4) is 0 Å². The fourth-order valence-corrected chi connectivity index (χ4v) is 1.90. The van der Waals surface area contributed by atoms with Crippen molar-refractivity contribution in [3.05, 3.63) is 23.8 Å². The molecule has 0 aliphatic carbocycles. The Kier molecular flexibility index (Phi) is 7.26. The van der Waals surface area contributed by atoms with E-state index in [2.05, 4.69) is 18.3 Å². The zero-order valence-electron chi connectivity index (χ0n) is 11.8. The lowest BCUT2D eigenvalue weighted by Crippen LogP contribution is -2.14. The Morgan fingerprint density at radius 3 is 2.44 bits per heavy atom. The van der Waals surface area contributed by atoms with E-state index in [1.807, 2.05) is 12.1 Å². The number of hydrogen-bond donors (Lipinski definition) is 1. The highest BCUT2D eigenvalue weighted by molar-refractivity contribution is 5.42. The quantitative estimate of drug-likeness (QED) is 0.683. The van der Waals surface area contributed by atoms with Gasteiger partial charge in [0.05, 0.1) is 14.2 Å². The molecule has 1 aromatic rings. The van der Waals surface area contributed by atoms with Gasteiger partial charge in [0.2, 0.25) is 0 Å². The predicted octanol–water partition coefficient (Wildman–Crippen LogP) is 3.37. The van der Waals surface area contributed by atoms with Crippen molar-refractivity contribution in [1.29, 1.82) is 0 Å². The van der Waals surface area contributed by atoms with E-state index in [9.17, 15) is 0 Å². The predicted molar refractivity (Wildman–Crippen MR) is 75.4 cm³/mol. The molecular formula is C15H25NO2. The van der Waals surface area contributed by atoms with Crippen molar-refractivity contribution in [2.45, 2.75) is 39.2 Å². The lowest BCUT2D eigenvalue weighted by Gasteiger charge is -2.10. The first-order valence-electron chi connectivity index (χ1n) is 6.73. The van der Waals surface area contributed by atoms with Crippen molar-refractivity contribution in [3.8, 4) is 11.5 Å². The summed E-state index contributed by atoms with van der Waals surface area (Å²) in [4.78, 5) is 0. The van der Waals surface area contributed by atoms with E-state index in [1.165, 1.54) is 31.2 Å². The second-order valence-electron chi connectivity index (χ2n) is 4.43. The number of benzene rings is 1. The van der Waals surface area contributed by atoms with Gasteiger partial charge >= 0.3 is 0 Å². The van der Waals surface area contributed by atoms with E-state index in [-0.39, 0.29) is 0 Å². The normalized spacial score (nSPS) is 10.4. The molecule has 0 bridgehead atoms. The summed E-state index contributed by atoms with van der Waals surface area (Å²) in [6.45, 7) is 4.19. The Morgan fingerprint density at radius 2 is 1.78 bits per heavy atom. The van der Waals surface area contributed by atoms with Crippen molar-refractivity contribution in [2.75, 3.05) is 20.8 Å². The molecule has 0 aromatic heterocycles. The number of methoxy groups -OCH3 is 2. The number of nitrogens with one attached hydrogen (secondary N) is 1. The fourth-order valence-electron chi connectivity index (χ4n) is 1.90. The minimum absolute atomic E-state index is 0.782. The highest BCUT2D eigenvalue weighted by Crippen LogP contribution is 2.27. The highest BCUT2D eigenvalue weighted by Gasteiger charge is 2.03. The molecule has 0 aliphatic heterocycles. The van der Waals surface area contributed by atoms with E-state index in [4.69, 9.17) is 9.47 Å². The van der Waals surface area contributed by atoms with Crippen LogP contribution in [0.2, 0.25) is 0 Å². The molecular weight excluding hydrogens is 226 g/mol. The molecule has 0 unspecified atom stereocenters. The van der Waals surface area contributed by atoms with Gasteiger partial charge in [-0.05, 0) is 30.7 Å². The second kappa shape index (κ2) is 8.81. The number of hydrogen-bond acceptors (Lipinski definition) is 3. The Hall–Kier alpha value is -1.22. The summed E-state index contributed by atoms with van der Waals surface area (Å²) in [6, 6.07) is 6.05. The maximum absolute atomic E-state index is 5.28. The summed E-state index contributed by atoms with van der Waals surface area (Å²) in [5.74, 6) is 1.58. The third kappa shape index (κ3) is 4.96. The van der Waals surface area contributed by atoms with Gasteiger partial charge in [0.1, 0.15) is 0 Å². The van der Waals surface area contributed by atoms with Gasteiger partial charge in [-0.15, -0.1) is 0 Å². The molecule has 0 saturated heterocycles. The Morgan fingerprint density at radius 1 is 1.00 bits per heavy atom. The van der Waals surface area contributed by atoms with Crippen LogP contribution in [-0.4, -0.2) is 20.8 Å². The third-order valence-electron chi connectivity index (χ3n) is 2.98. The largest absolute Gasteiger partial charge is 0.493 e. The van der Waals surface area contributed by atoms with E-state index in [1.54, 1.807) is 14.2 Å². The molecule has 1 N–H and O–H groups in total. The van der Waals surface area contributed by atoms with Gasteiger partial charge in [-0.2, -0.15) is 0 Å². The van der Waals surface area contributed by atoms with Crippen LogP contribution in [0.25, 0.3) is 0 Å². The van der Waals surface area contributed by atoms with E-state index < -0.39 is 0 Å². The monoisotopic (exact) mass is 251 g/mol. The molecule has 18 heavy (non-hydrogen) atoms. The highest BCUT2D eigenvalue weighted by atomic mass is 16.5. The molecule has 0 heterocycles. The van der Waals surface area contributed by atoms with Crippen LogP contribution in [0.5, 0.6) is 11.5 Å². The van der Waals surface area contributed by atoms with Gasteiger partial charge in [0.25, 0.3) is 0 Å². The molecule has 1 rings (SSSR count). The molecule has 102 valence electrons. The molecule has 1 aromatic carbocycles. The Balaban J connectivity index is 2.34. The molecule has 0 aliphatic rings. The first-order chi connectivity index (χ1) is 8.81. The maximum Gasteiger partial charge on any atom is 0.161 e. The van der Waals surface area contributed by atoms with Gasteiger partial charge in [0, 0.05) is 6.54 Å². The molecule has 0 fully saturated rings. The van der Waals surface area contributed by atoms with Crippen LogP contribution in [0.1, 0.15) is 38.2 Å². The Labute approximate surface area is 110 Å². The van der Waals surface area contributed by atoms with Crippen LogP contribution < -0.4 is 14.8 Å². The minimum Gasteiger partial charge on any atom is -0.493 e. The average molecular weight is 251 g/mol. The lowest BCUT2D eigenvalue weighted by atomic mass is 10.2. The topological polar surface area (TPSA) is 30.5 Å². The zero-order chi connectivity index (χ0) is 13.2. The molecule has 0 amide bonds. The summed E-state index contributed by atoms with van der Waals surface area (Å²) in [5, 5.41) is 3.45. The van der Waals surface area contributed by atoms with Crippen molar-refractivity contribution < 1.29 is 9.47 Å². The van der Waals surface area contributed by atoms with Gasteiger partial charge in [0.15, 0.2) is 11.5 Å². The standard InChI is InChI=1S/C15H25NO2/c1-4-5-6-7-10-16-12-13-8-9-14(17-2)15(11-13)18-3/h8-9,11,16H,4-7,10,12H2,1-3H3. The van der Waals surface area contributed by atoms with Gasteiger partial charge in [-0.25, -0.2) is 0 Å². The number of ether oxygens (including phenoxy) is 2. The first-order valence-corrected chi connectivity index (χ1v) is 6.73. The molecule has 0 spiro atoms. The smallest absolute Gasteiger partial charge is 0.161 e. The van der Waals surface area contributed by atoms with Gasteiger partial charge in [-0.1, -0.05) is 32.3 Å². The summed E-state index contributed by atoms with van der Waals surface area (Å²) in [5.41, 5.74) is 1.23. The van der Waals surface area contributed by atoms with Gasteiger partial charge in [-0.3, -0.25) is 0 Å². The van der Waals surface area contributed by atoms with Crippen LogP contribution >= 0.6 is 0 Å². The van der Waals surface area contributed by atoms with Crippen molar-refractivity contribution >= 4 is 0 Å². The Bertz CT molecular complexity index is 339. The van der Waals surface area contributed by atoms with E-state index >= 15 is 0 Å². The van der Waals surface area contributed by atoms with Gasteiger partial charge < -0.3 is 14.8 Å². The summed E-state index contributed by atoms with van der Waals surface area (Å²) >= 11 is 0. The lowest BCUT2D eigenvalue weighted by molar-refractivity contribution is 0.354. The second-order valence-corrected chi connectivity index (χ2v) is 4.43. The first kappa shape index (κ1) is 14.8. The van der Waals surface area contributed by atoms with Crippen molar-refractivity contribution in [2.24, 2.45) is 0 Å². The number of rotatable bonds is 9. The molecule has 3 nitrogen and oxygen atoms in total.